The van der Waals surface area contributed by atoms with Gasteiger partial charge in [0.2, 0.25) is 0 Å². The minimum atomic E-state index is -0.995. The lowest BCUT2D eigenvalue weighted by molar-refractivity contribution is -0.147. The van der Waals surface area contributed by atoms with Crippen molar-refractivity contribution in [1.82, 2.24) is 4.90 Å². The van der Waals surface area contributed by atoms with Crippen molar-refractivity contribution < 1.29 is 19.4 Å². The Balaban J connectivity index is 1.61. The Morgan fingerprint density at radius 3 is 2.54 bits per heavy atom. The monoisotopic (exact) mass is 351 g/mol. The minimum absolute atomic E-state index is 0.0788. The van der Waals surface area contributed by atoms with Crippen LogP contribution >= 0.6 is 11.6 Å². The molecule has 0 aromatic heterocycles. The molecule has 24 heavy (non-hydrogen) atoms. The van der Waals surface area contributed by atoms with E-state index in [1.807, 2.05) is 0 Å². The number of carboxylic acids is 1. The summed E-state index contributed by atoms with van der Waals surface area (Å²) < 4.78 is 5.85. The molecule has 1 saturated carbocycles. The van der Waals surface area contributed by atoms with Crippen molar-refractivity contribution >= 4 is 23.5 Å². The Kier molecular flexibility index (Phi) is 4.24. The number of nitrogens with zero attached hydrogens (tertiary/aromatic N) is 1. The summed E-state index contributed by atoms with van der Waals surface area (Å²) >= 11 is 5.96. The zero-order chi connectivity index (χ0) is 17.5. The van der Waals surface area contributed by atoms with Gasteiger partial charge in [-0.05, 0) is 56.7 Å². The van der Waals surface area contributed by atoms with Crippen molar-refractivity contribution in [1.29, 1.82) is 0 Å². The van der Waals surface area contributed by atoms with Gasteiger partial charge in [-0.15, -0.1) is 0 Å². The quantitative estimate of drug-likeness (QED) is 0.904. The molecule has 1 unspecified atom stereocenters. The second-order valence-corrected chi connectivity index (χ2v) is 7.76. The van der Waals surface area contributed by atoms with Crippen molar-refractivity contribution in [3.8, 4) is 5.75 Å². The molecule has 5 nitrogen and oxygen atoms in total. The molecule has 1 aliphatic heterocycles. The molecule has 2 fully saturated rings. The Morgan fingerprint density at radius 2 is 2.00 bits per heavy atom. The fourth-order valence-electron chi connectivity index (χ4n) is 3.65. The third kappa shape index (κ3) is 3.22. The Morgan fingerprint density at radius 1 is 1.33 bits per heavy atom. The van der Waals surface area contributed by atoms with Crippen molar-refractivity contribution in [2.24, 2.45) is 11.3 Å². The van der Waals surface area contributed by atoms with E-state index in [9.17, 15) is 9.59 Å². The van der Waals surface area contributed by atoms with Gasteiger partial charge in [-0.2, -0.15) is 0 Å². The van der Waals surface area contributed by atoms with Crippen LogP contribution in [0.25, 0.3) is 0 Å². The van der Waals surface area contributed by atoms with E-state index in [1.54, 1.807) is 43.0 Å². The molecule has 6 heteroatoms. The summed E-state index contributed by atoms with van der Waals surface area (Å²) in [5, 5.41) is 9.71. The molecule has 1 atom stereocenters. The smallest absolute Gasteiger partial charge is 0.307 e. The molecule has 0 bridgehead atoms. The van der Waals surface area contributed by atoms with E-state index in [1.165, 1.54) is 0 Å². The first kappa shape index (κ1) is 17.1. The van der Waals surface area contributed by atoms with Gasteiger partial charge in [0.05, 0.1) is 5.92 Å². The average molecular weight is 352 g/mol. The molecule has 1 heterocycles. The standard InChI is InChI=1S/C18H22ClNO4/c1-17(2,24-13-5-3-4-12(19)10-13)16(23)20-8-6-18(7-9-20)11-14(18)15(21)22/h3-5,10,14H,6-9,11H2,1-2H3,(H,21,22). The van der Waals surface area contributed by atoms with Gasteiger partial charge < -0.3 is 14.7 Å². The van der Waals surface area contributed by atoms with Crippen molar-refractivity contribution in [2.45, 2.75) is 38.7 Å². The SMILES string of the molecule is CC(C)(Oc1cccc(Cl)c1)C(=O)N1CCC2(CC1)CC2C(=O)O. The first-order valence-corrected chi connectivity index (χ1v) is 8.58. The summed E-state index contributed by atoms with van der Waals surface area (Å²) in [6.07, 6.45) is 2.25. The molecule has 0 radical (unpaired) electrons. The normalized spacial score (nSPS) is 22.3. The molecule has 1 amide bonds. The first-order chi connectivity index (χ1) is 11.2. The zero-order valence-corrected chi connectivity index (χ0v) is 14.7. The number of hydrogen-bond donors (Lipinski definition) is 1. The number of halogens is 1. The second kappa shape index (κ2) is 5.96. The van der Waals surface area contributed by atoms with Gasteiger partial charge in [-0.1, -0.05) is 17.7 Å². The van der Waals surface area contributed by atoms with E-state index in [2.05, 4.69) is 0 Å². The van der Waals surface area contributed by atoms with E-state index >= 15 is 0 Å². The number of likely N-dealkylation sites (tertiary alicyclic amines) is 1. The van der Waals surface area contributed by atoms with Crippen LogP contribution in [0.5, 0.6) is 5.75 Å². The van der Waals surface area contributed by atoms with Gasteiger partial charge in [0.15, 0.2) is 5.60 Å². The summed E-state index contributed by atoms with van der Waals surface area (Å²) in [5.74, 6) is -0.461. The van der Waals surface area contributed by atoms with E-state index in [4.69, 9.17) is 21.4 Å². The van der Waals surface area contributed by atoms with E-state index in [0.29, 0.717) is 23.9 Å². The molecule has 3 rings (SSSR count). The van der Waals surface area contributed by atoms with Gasteiger partial charge in [0, 0.05) is 18.1 Å². The predicted octanol–water partition coefficient (Wildman–Crippen LogP) is 3.21. The average Bonchev–Trinajstić information content (AvgIpc) is 3.21. The lowest BCUT2D eigenvalue weighted by atomic mass is 9.90. The van der Waals surface area contributed by atoms with Crippen LogP contribution in [0.4, 0.5) is 0 Å². The summed E-state index contributed by atoms with van der Waals surface area (Å²) in [7, 11) is 0. The van der Waals surface area contributed by atoms with Crippen LogP contribution in [-0.4, -0.2) is 40.6 Å². The highest BCUT2D eigenvalue weighted by Gasteiger charge is 2.59. The summed E-state index contributed by atoms with van der Waals surface area (Å²) in [6.45, 7) is 4.67. The topological polar surface area (TPSA) is 66.8 Å². The van der Waals surface area contributed by atoms with Crippen LogP contribution < -0.4 is 4.74 Å². The maximum atomic E-state index is 12.8. The number of ether oxygens (including phenoxy) is 1. The molecule has 2 aliphatic rings. The maximum absolute atomic E-state index is 12.8. The molecule has 1 aromatic rings. The van der Waals surface area contributed by atoms with Crippen LogP contribution in [0.15, 0.2) is 24.3 Å². The highest BCUT2D eigenvalue weighted by atomic mass is 35.5. The Labute approximate surface area is 146 Å². The summed E-state index contributed by atoms with van der Waals surface area (Å²) in [5.41, 5.74) is -1.08. The molecular formula is C18H22ClNO4. The number of aliphatic carboxylic acids is 1. The van der Waals surface area contributed by atoms with Crippen LogP contribution in [0.1, 0.15) is 33.1 Å². The third-order valence-electron chi connectivity index (χ3n) is 5.22. The number of benzene rings is 1. The summed E-state index contributed by atoms with van der Waals surface area (Å²) in [4.78, 5) is 25.7. The molecule has 1 aromatic carbocycles. The third-order valence-corrected chi connectivity index (χ3v) is 5.45. The van der Waals surface area contributed by atoms with Gasteiger partial charge in [-0.25, -0.2) is 0 Å². The largest absolute Gasteiger partial charge is 0.481 e. The van der Waals surface area contributed by atoms with Crippen LogP contribution in [0, 0.1) is 11.3 Å². The number of carbonyl (C=O) groups is 2. The highest BCUT2D eigenvalue weighted by molar-refractivity contribution is 6.30. The van der Waals surface area contributed by atoms with Crippen LogP contribution in [0.3, 0.4) is 0 Å². The number of amides is 1. The van der Waals surface area contributed by atoms with Gasteiger partial charge in [0.25, 0.3) is 5.91 Å². The predicted molar refractivity (Wildman–Crippen MR) is 90.1 cm³/mol. The number of hydrogen-bond acceptors (Lipinski definition) is 3. The Bertz CT molecular complexity index is 665. The van der Waals surface area contributed by atoms with Crippen LogP contribution in [-0.2, 0) is 9.59 Å². The number of rotatable bonds is 4. The minimum Gasteiger partial charge on any atom is -0.481 e. The molecule has 1 aliphatic carbocycles. The fourth-order valence-corrected chi connectivity index (χ4v) is 3.83. The molecule has 1 N–H and O–H groups in total. The lowest BCUT2D eigenvalue weighted by Gasteiger charge is -2.37. The highest BCUT2D eigenvalue weighted by Crippen LogP contribution is 2.59. The Hall–Kier alpha value is -1.75. The fraction of sp³-hybridized carbons (Fsp3) is 0.556. The molecular weight excluding hydrogens is 330 g/mol. The number of carbonyl (C=O) groups excluding carboxylic acids is 1. The van der Waals surface area contributed by atoms with Gasteiger partial charge >= 0.3 is 5.97 Å². The molecule has 1 spiro atoms. The number of carboxylic acid groups (broad SMARTS) is 1. The van der Waals surface area contributed by atoms with Crippen molar-refractivity contribution in [2.75, 3.05) is 13.1 Å². The lowest BCUT2D eigenvalue weighted by Crippen LogP contribution is -2.51. The zero-order valence-electron chi connectivity index (χ0n) is 13.9. The summed E-state index contributed by atoms with van der Waals surface area (Å²) in [6, 6.07) is 6.99. The number of piperidine rings is 1. The maximum Gasteiger partial charge on any atom is 0.307 e. The molecule has 1 saturated heterocycles. The van der Waals surface area contributed by atoms with Crippen LogP contribution in [0.2, 0.25) is 5.02 Å². The second-order valence-electron chi connectivity index (χ2n) is 7.32. The molecule has 130 valence electrons. The van der Waals surface area contributed by atoms with Crippen molar-refractivity contribution in [3.05, 3.63) is 29.3 Å². The first-order valence-electron chi connectivity index (χ1n) is 8.20. The van der Waals surface area contributed by atoms with E-state index in [-0.39, 0.29) is 17.2 Å². The van der Waals surface area contributed by atoms with E-state index in [0.717, 1.165) is 19.3 Å². The van der Waals surface area contributed by atoms with Gasteiger partial charge in [0.1, 0.15) is 5.75 Å². The van der Waals surface area contributed by atoms with E-state index < -0.39 is 11.6 Å². The van der Waals surface area contributed by atoms with Crippen molar-refractivity contribution in [3.63, 3.8) is 0 Å². The van der Waals surface area contributed by atoms with Gasteiger partial charge in [-0.3, -0.25) is 9.59 Å².